The standard InChI is InChI=1S/C18H16BrF2NO2/c19-13-5-3-4-12(10-13)11-22(14-8-9-14)17(23)15-6-1-2-7-16(15)24-18(20)21/h1-7,10,14,18H,8-9,11H2. The third-order valence-electron chi connectivity index (χ3n) is 3.82. The molecule has 1 aliphatic carbocycles. The van der Waals surface area contributed by atoms with E-state index in [-0.39, 0.29) is 23.3 Å². The predicted octanol–water partition coefficient (Wildman–Crippen LogP) is 4.86. The molecule has 1 aliphatic rings. The van der Waals surface area contributed by atoms with E-state index < -0.39 is 6.61 Å². The van der Waals surface area contributed by atoms with Crippen molar-refractivity contribution in [3.8, 4) is 5.75 Å². The molecule has 0 atom stereocenters. The Hall–Kier alpha value is -1.95. The first-order chi connectivity index (χ1) is 11.5. The second-order valence-electron chi connectivity index (χ2n) is 5.67. The van der Waals surface area contributed by atoms with Gasteiger partial charge in [-0.3, -0.25) is 4.79 Å². The number of carbonyl (C=O) groups excluding carboxylic acids is 1. The van der Waals surface area contributed by atoms with Gasteiger partial charge in [0.1, 0.15) is 5.75 Å². The van der Waals surface area contributed by atoms with Gasteiger partial charge in [-0.05, 0) is 42.7 Å². The molecule has 2 aromatic rings. The van der Waals surface area contributed by atoms with Crippen molar-refractivity contribution in [2.75, 3.05) is 0 Å². The van der Waals surface area contributed by atoms with E-state index >= 15 is 0 Å². The smallest absolute Gasteiger partial charge is 0.387 e. The van der Waals surface area contributed by atoms with Crippen molar-refractivity contribution in [2.24, 2.45) is 0 Å². The number of alkyl halides is 2. The van der Waals surface area contributed by atoms with Crippen molar-refractivity contribution in [1.29, 1.82) is 0 Å². The lowest BCUT2D eigenvalue weighted by Crippen LogP contribution is -2.33. The zero-order valence-corrected chi connectivity index (χ0v) is 14.4. The lowest BCUT2D eigenvalue weighted by atomic mass is 10.1. The summed E-state index contributed by atoms with van der Waals surface area (Å²) in [6.07, 6.45) is 1.86. The molecule has 0 bridgehead atoms. The van der Waals surface area contributed by atoms with Gasteiger partial charge in [-0.25, -0.2) is 0 Å². The van der Waals surface area contributed by atoms with Crippen LogP contribution >= 0.6 is 15.9 Å². The number of amides is 1. The fourth-order valence-electron chi connectivity index (χ4n) is 2.58. The average molecular weight is 396 g/mol. The van der Waals surface area contributed by atoms with Gasteiger partial charge in [0.2, 0.25) is 0 Å². The van der Waals surface area contributed by atoms with E-state index in [1.807, 2.05) is 24.3 Å². The third-order valence-corrected chi connectivity index (χ3v) is 4.32. The predicted molar refractivity (Wildman–Crippen MR) is 90.1 cm³/mol. The van der Waals surface area contributed by atoms with Crippen LogP contribution in [0.4, 0.5) is 8.78 Å². The maximum atomic E-state index is 12.9. The number of hydrogen-bond acceptors (Lipinski definition) is 2. The van der Waals surface area contributed by atoms with E-state index in [0.29, 0.717) is 6.54 Å². The van der Waals surface area contributed by atoms with Crippen LogP contribution in [0.3, 0.4) is 0 Å². The van der Waals surface area contributed by atoms with Crippen LogP contribution < -0.4 is 4.74 Å². The van der Waals surface area contributed by atoms with Crippen molar-refractivity contribution < 1.29 is 18.3 Å². The molecule has 0 aromatic heterocycles. The highest BCUT2D eigenvalue weighted by molar-refractivity contribution is 9.10. The number of ether oxygens (including phenoxy) is 1. The number of nitrogens with zero attached hydrogens (tertiary/aromatic N) is 1. The van der Waals surface area contributed by atoms with E-state index in [2.05, 4.69) is 20.7 Å². The van der Waals surface area contributed by atoms with Gasteiger partial charge in [-0.1, -0.05) is 40.2 Å². The molecule has 2 aromatic carbocycles. The van der Waals surface area contributed by atoms with Gasteiger partial charge in [-0.15, -0.1) is 0 Å². The van der Waals surface area contributed by atoms with E-state index in [1.54, 1.807) is 17.0 Å². The molecular weight excluding hydrogens is 380 g/mol. The Bertz CT molecular complexity index is 734. The number of benzene rings is 2. The lowest BCUT2D eigenvalue weighted by molar-refractivity contribution is -0.0503. The van der Waals surface area contributed by atoms with Crippen LogP contribution in [-0.4, -0.2) is 23.5 Å². The minimum absolute atomic E-state index is 0.0857. The molecule has 24 heavy (non-hydrogen) atoms. The highest BCUT2D eigenvalue weighted by Gasteiger charge is 2.34. The summed E-state index contributed by atoms with van der Waals surface area (Å²) in [6.45, 7) is -2.52. The summed E-state index contributed by atoms with van der Waals surface area (Å²) in [5, 5.41) is 0. The minimum atomic E-state index is -2.96. The van der Waals surface area contributed by atoms with Gasteiger partial charge in [0, 0.05) is 17.1 Å². The first-order valence-corrected chi connectivity index (χ1v) is 8.43. The monoisotopic (exact) mass is 395 g/mol. The molecule has 126 valence electrons. The Morgan fingerprint density at radius 1 is 1.21 bits per heavy atom. The molecule has 1 saturated carbocycles. The first-order valence-electron chi connectivity index (χ1n) is 7.64. The summed E-state index contributed by atoms with van der Waals surface area (Å²) in [7, 11) is 0. The topological polar surface area (TPSA) is 29.5 Å². The van der Waals surface area contributed by atoms with Gasteiger partial charge >= 0.3 is 6.61 Å². The molecule has 0 heterocycles. The van der Waals surface area contributed by atoms with Gasteiger partial charge in [0.15, 0.2) is 0 Å². The number of carbonyl (C=O) groups is 1. The summed E-state index contributed by atoms with van der Waals surface area (Å²) in [4.78, 5) is 14.6. The van der Waals surface area contributed by atoms with E-state index in [1.165, 1.54) is 12.1 Å². The number of rotatable bonds is 6. The Kier molecular flexibility index (Phi) is 5.14. The van der Waals surface area contributed by atoms with Crippen LogP contribution in [0.5, 0.6) is 5.75 Å². The normalized spacial score (nSPS) is 13.8. The summed E-state index contributed by atoms with van der Waals surface area (Å²) in [5.41, 5.74) is 1.15. The molecule has 6 heteroatoms. The summed E-state index contributed by atoms with van der Waals surface area (Å²) in [5.74, 6) is -0.369. The van der Waals surface area contributed by atoms with Crippen LogP contribution in [0.1, 0.15) is 28.8 Å². The van der Waals surface area contributed by atoms with Crippen LogP contribution in [0, 0.1) is 0 Å². The zero-order valence-electron chi connectivity index (χ0n) is 12.8. The number of hydrogen-bond donors (Lipinski definition) is 0. The molecule has 0 spiro atoms. The van der Waals surface area contributed by atoms with Gasteiger partial charge in [0.05, 0.1) is 5.56 Å². The second kappa shape index (κ2) is 7.30. The summed E-state index contributed by atoms with van der Waals surface area (Å²) >= 11 is 3.42. The van der Waals surface area contributed by atoms with Crippen LogP contribution in [0.15, 0.2) is 53.0 Å². The van der Waals surface area contributed by atoms with Crippen molar-refractivity contribution in [3.05, 3.63) is 64.1 Å². The highest BCUT2D eigenvalue weighted by Crippen LogP contribution is 2.32. The van der Waals surface area contributed by atoms with E-state index in [9.17, 15) is 13.6 Å². The third kappa shape index (κ3) is 4.12. The number of para-hydroxylation sites is 1. The second-order valence-corrected chi connectivity index (χ2v) is 6.58. The maximum absolute atomic E-state index is 12.9. The Labute approximate surface area is 147 Å². The summed E-state index contributed by atoms with van der Waals surface area (Å²) < 4.78 is 30.6. The summed E-state index contributed by atoms with van der Waals surface area (Å²) in [6, 6.07) is 14.0. The Balaban J connectivity index is 1.85. The highest BCUT2D eigenvalue weighted by atomic mass is 79.9. The molecule has 0 radical (unpaired) electrons. The molecule has 3 nitrogen and oxygen atoms in total. The van der Waals surface area contributed by atoms with Gasteiger partial charge in [0.25, 0.3) is 5.91 Å². The minimum Gasteiger partial charge on any atom is -0.434 e. The fraction of sp³-hybridized carbons (Fsp3) is 0.278. The lowest BCUT2D eigenvalue weighted by Gasteiger charge is -2.24. The van der Waals surface area contributed by atoms with Gasteiger partial charge in [-0.2, -0.15) is 8.78 Å². The zero-order chi connectivity index (χ0) is 17.1. The molecule has 0 unspecified atom stereocenters. The molecule has 0 aliphatic heterocycles. The molecule has 1 amide bonds. The maximum Gasteiger partial charge on any atom is 0.387 e. The molecule has 3 rings (SSSR count). The number of halogens is 3. The molecule has 0 saturated heterocycles. The van der Waals surface area contributed by atoms with Crippen LogP contribution in [0.2, 0.25) is 0 Å². The average Bonchev–Trinajstić information content (AvgIpc) is 3.37. The van der Waals surface area contributed by atoms with Crippen molar-refractivity contribution in [1.82, 2.24) is 4.90 Å². The Morgan fingerprint density at radius 3 is 2.62 bits per heavy atom. The molecular formula is C18H16BrF2NO2. The van der Waals surface area contributed by atoms with Gasteiger partial charge < -0.3 is 9.64 Å². The quantitative estimate of drug-likeness (QED) is 0.699. The van der Waals surface area contributed by atoms with Crippen molar-refractivity contribution in [3.63, 3.8) is 0 Å². The van der Waals surface area contributed by atoms with Crippen molar-refractivity contribution >= 4 is 21.8 Å². The largest absolute Gasteiger partial charge is 0.434 e. The van der Waals surface area contributed by atoms with Crippen LogP contribution in [-0.2, 0) is 6.54 Å². The Morgan fingerprint density at radius 2 is 1.96 bits per heavy atom. The van der Waals surface area contributed by atoms with Crippen LogP contribution in [0.25, 0.3) is 0 Å². The fourth-order valence-corrected chi connectivity index (χ4v) is 3.03. The molecule has 0 N–H and O–H groups in total. The van der Waals surface area contributed by atoms with Crippen molar-refractivity contribution in [2.45, 2.75) is 32.0 Å². The molecule has 1 fully saturated rings. The van der Waals surface area contributed by atoms with E-state index in [0.717, 1.165) is 22.9 Å². The first kappa shape index (κ1) is 16.9. The van der Waals surface area contributed by atoms with E-state index in [4.69, 9.17) is 0 Å². The SMILES string of the molecule is O=C(c1ccccc1OC(F)F)N(Cc1cccc(Br)c1)C1CC1.